The number of amides is 1. The molecule has 0 unspecified atom stereocenters. The quantitative estimate of drug-likeness (QED) is 0.932. The molecule has 3 heterocycles. The van der Waals surface area contributed by atoms with Gasteiger partial charge >= 0.3 is 6.09 Å². The predicted octanol–water partition coefficient (Wildman–Crippen LogP) is 2.41. The van der Waals surface area contributed by atoms with Crippen LogP contribution in [0.15, 0.2) is 24.4 Å². The first-order valence-electron chi connectivity index (χ1n) is 7.58. The van der Waals surface area contributed by atoms with Crippen LogP contribution in [0.5, 0.6) is 11.6 Å². The average Bonchev–Trinajstić information content (AvgIpc) is 2.59. The Morgan fingerprint density at radius 1 is 1.35 bits per heavy atom. The molecular formula is C16H19N3O4. The molecular weight excluding hydrogens is 298 g/mol. The number of pyridine rings is 2. The van der Waals surface area contributed by atoms with Gasteiger partial charge in [0.25, 0.3) is 0 Å². The molecule has 2 aromatic rings. The Morgan fingerprint density at radius 2 is 2.13 bits per heavy atom. The number of hydrogen-bond donors (Lipinski definition) is 1. The maximum absolute atomic E-state index is 10.9. The summed E-state index contributed by atoms with van der Waals surface area (Å²) in [6, 6.07) is 5.40. The van der Waals surface area contributed by atoms with Gasteiger partial charge in [-0.25, -0.2) is 9.78 Å². The minimum atomic E-state index is -0.846. The van der Waals surface area contributed by atoms with Gasteiger partial charge in [-0.1, -0.05) is 0 Å². The van der Waals surface area contributed by atoms with Gasteiger partial charge in [0, 0.05) is 31.4 Å². The van der Waals surface area contributed by atoms with Gasteiger partial charge in [-0.2, -0.15) is 0 Å². The smallest absolute Gasteiger partial charge is 0.407 e. The van der Waals surface area contributed by atoms with E-state index < -0.39 is 6.09 Å². The Bertz CT molecular complexity index is 699. The minimum absolute atomic E-state index is 0.347. The molecule has 0 aliphatic carbocycles. The van der Waals surface area contributed by atoms with Crippen LogP contribution in [0.25, 0.3) is 11.0 Å². The van der Waals surface area contributed by atoms with Gasteiger partial charge in [-0.05, 0) is 24.8 Å². The van der Waals surface area contributed by atoms with Gasteiger partial charge in [0.15, 0.2) is 0 Å². The first kappa shape index (κ1) is 15.3. The third-order valence-electron chi connectivity index (χ3n) is 4.09. The molecule has 122 valence electrons. The van der Waals surface area contributed by atoms with Crippen molar-refractivity contribution in [3.05, 3.63) is 24.4 Å². The van der Waals surface area contributed by atoms with E-state index in [4.69, 9.17) is 14.6 Å². The number of piperidine rings is 1. The highest BCUT2D eigenvalue weighted by Crippen LogP contribution is 2.26. The Kier molecular flexibility index (Phi) is 4.45. The predicted molar refractivity (Wildman–Crippen MR) is 83.9 cm³/mol. The molecule has 3 rings (SSSR count). The first-order chi connectivity index (χ1) is 11.2. The zero-order valence-electron chi connectivity index (χ0n) is 12.9. The van der Waals surface area contributed by atoms with Crippen LogP contribution < -0.4 is 9.47 Å². The number of carbonyl (C=O) groups is 1. The van der Waals surface area contributed by atoms with Gasteiger partial charge in [0.2, 0.25) is 5.88 Å². The van der Waals surface area contributed by atoms with E-state index in [0.29, 0.717) is 42.8 Å². The Labute approximate surface area is 133 Å². The number of hydrogen-bond acceptors (Lipinski definition) is 5. The molecule has 23 heavy (non-hydrogen) atoms. The second-order valence-corrected chi connectivity index (χ2v) is 5.55. The van der Waals surface area contributed by atoms with E-state index in [9.17, 15) is 4.79 Å². The lowest BCUT2D eigenvalue weighted by Crippen LogP contribution is -2.38. The highest BCUT2D eigenvalue weighted by molar-refractivity contribution is 5.81. The van der Waals surface area contributed by atoms with Gasteiger partial charge in [0.1, 0.15) is 11.3 Å². The highest BCUT2D eigenvalue weighted by atomic mass is 16.5. The summed E-state index contributed by atoms with van der Waals surface area (Å²) in [6.07, 6.45) is 2.47. The number of methoxy groups -OCH3 is 1. The fourth-order valence-corrected chi connectivity index (χ4v) is 2.71. The van der Waals surface area contributed by atoms with Crippen molar-refractivity contribution in [3.63, 3.8) is 0 Å². The number of ether oxygens (including phenoxy) is 2. The van der Waals surface area contributed by atoms with Crippen molar-refractivity contribution >= 4 is 17.1 Å². The Balaban J connectivity index is 1.67. The average molecular weight is 317 g/mol. The monoisotopic (exact) mass is 317 g/mol. The number of rotatable bonds is 4. The zero-order valence-corrected chi connectivity index (χ0v) is 12.9. The molecule has 0 radical (unpaired) electrons. The van der Waals surface area contributed by atoms with E-state index in [0.717, 1.165) is 18.4 Å². The summed E-state index contributed by atoms with van der Waals surface area (Å²) in [6.45, 7) is 1.67. The summed E-state index contributed by atoms with van der Waals surface area (Å²) in [4.78, 5) is 21.0. The molecule has 1 aliphatic rings. The van der Waals surface area contributed by atoms with Crippen molar-refractivity contribution in [3.8, 4) is 11.6 Å². The molecule has 1 aliphatic heterocycles. The topological polar surface area (TPSA) is 84.8 Å². The van der Waals surface area contributed by atoms with Crippen molar-refractivity contribution in [1.82, 2.24) is 14.9 Å². The molecule has 0 spiro atoms. The number of fused-ring (bicyclic) bond motifs is 1. The standard InChI is InChI=1S/C16H19N3O4/c1-22-14-3-2-12-15(18-14)13(4-7-17-12)23-10-11-5-8-19(9-6-11)16(20)21/h2-4,7,11H,5-6,8-10H2,1H3,(H,20,21). The molecule has 0 bridgehead atoms. The van der Waals surface area contributed by atoms with Crippen LogP contribution in [0.4, 0.5) is 4.79 Å². The van der Waals surface area contributed by atoms with Crippen LogP contribution in [0.3, 0.4) is 0 Å². The molecule has 1 saturated heterocycles. The SMILES string of the molecule is COc1ccc2nccc(OCC3CCN(C(=O)O)CC3)c2n1. The van der Waals surface area contributed by atoms with Crippen molar-refractivity contribution in [2.24, 2.45) is 5.92 Å². The summed E-state index contributed by atoms with van der Waals surface area (Å²) in [5.41, 5.74) is 1.43. The van der Waals surface area contributed by atoms with Crippen LogP contribution >= 0.6 is 0 Å². The summed E-state index contributed by atoms with van der Waals surface area (Å²) in [5.74, 6) is 1.54. The molecule has 1 amide bonds. The van der Waals surface area contributed by atoms with Crippen LogP contribution in [0, 0.1) is 5.92 Å². The van der Waals surface area contributed by atoms with Crippen molar-refractivity contribution < 1.29 is 19.4 Å². The third-order valence-corrected chi connectivity index (χ3v) is 4.09. The van der Waals surface area contributed by atoms with Crippen LogP contribution in [0.2, 0.25) is 0 Å². The summed E-state index contributed by atoms with van der Waals surface area (Å²) >= 11 is 0. The van der Waals surface area contributed by atoms with Gasteiger partial charge < -0.3 is 19.5 Å². The second kappa shape index (κ2) is 6.68. The van der Waals surface area contributed by atoms with Crippen molar-refractivity contribution in [2.45, 2.75) is 12.8 Å². The maximum atomic E-state index is 10.9. The molecule has 7 heteroatoms. The van der Waals surface area contributed by atoms with Gasteiger partial charge in [-0.3, -0.25) is 4.98 Å². The van der Waals surface area contributed by atoms with Crippen LogP contribution in [-0.2, 0) is 0 Å². The van der Waals surface area contributed by atoms with E-state index in [1.165, 1.54) is 4.90 Å². The normalized spacial score (nSPS) is 15.6. The number of nitrogens with zero attached hydrogens (tertiary/aromatic N) is 3. The van der Waals surface area contributed by atoms with E-state index in [1.807, 2.05) is 6.07 Å². The van der Waals surface area contributed by atoms with Crippen molar-refractivity contribution in [1.29, 1.82) is 0 Å². The Hall–Kier alpha value is -2.57. The second-order valence-electron chi connectivity index (χ2n) is 5.55. The Morgan fingerprint density at radius 3 is 2.83 bits per heavy atom. The highest BCUT2D eigenvalue weighted by Gasteiger charge is 2.22. The van der Waals surface area contributed by atoms with E-state index in [2.05, 4.69) is 9.97 Å². The fourth-order valence-electron chi connectivity index (χ4n) is 2.71. The van der Waals surface area contributed by atoms with Crippen molar-refractivity contribution in [2.75, 3.05) is 26.8 Å². The zero-order chi connectivity index (χ0) is 16.2. The van der Waals surface area contributed by atoms with Gasteiger partial charge in [-0.15, -0.1) is 0 Å². The molecule has 0 saturated carbocycles. The number of aromatic nitrogens is 2. The number of carboxylic acid groups (broad SMARTS) is 1. The molecule has 1 fully saturated rings. The lowest BCUT2D eigenvalue weighted by Gasteiger charge is -2.29. The summed E-state index contributed by atoms with van der Waals surface area (Å²) < 4.78 is 11.1. The molecule has 0 aromatic carbocycles. The van der Waals surface area contributed by atoms with Crippen LogP contribution in [0.1, 0.15) is 12.8 Å². The summed E-state index contributed by atoms with van der Waals surface area (Å²) in [7, 11) is 1.57. The largest absolute Gasteiger partial charge is 0.491 e. The maximum Gasteiger partial charge on any atom is 0.407 e. The molecule has 1 N–H and O–H groups in total. The minimum Gasteiger partial charge on any atom is -0.491 e. The molecule has 2 aromatic heterocycles. The molecule has 0 atom stereocenters. The molecule has 7 nitrogen and oxygen atoms in total. The lowest BCUT2D eigenvalue weighted by molar-refractivity contribution is 0.112. The lowest BCUT2D eigenvalue weighted by atomic mass is 9.98. The van der Waals surface area contributed by atoms with Gasteiger partial charge in [0.05, 0.1) is 19.2 Å². The van der Waals surface area contributed by atoms with E-state index in [-0.39, 0.29) is 0 Å². The summed E-state index contributed by atoms with van der Waals surface area (Å²) in [5, 5.41) is 8.97. The van der Waals surface area contributed by atoms with Crippen LogP contribution in [-0.4, -0.2) is 52.9 Å². The third kappa shape index (κ3) is 3.44. The fraction of sp³-hybridized carbons (Fsp3) is 0.438. The number of likely N-dealkylation sites (tertiary alicyclic amines) is 1. The van der Waals surface area contributed by atoms with E-state index in [1.54, 1.807) is 25.4 Å². The first-order valence-corrected chi connectivity index (χ1v) is 7.58. The van der Waals surface area contributed by atoms with E-state index >= 15 is 0 Å².